The number of ether oxygens (including phenoxy) is 1. The second-order valence-corrected chi connectivity index (χ2v) is 9.11. The zero-order valence-electron chi connectivity index (χ0n) is 17.8. The third-order valence-electron chi connectivity index (χ3n) is 5.27. The summed E-state index contributed by atoms with van der Waals surface area (Å²) in [5.74, 6) is -0.735. The molecule has 1 fully saturated rings. The van der Waals surface area contributed by atoms with Crippen molar-refractivity contribution in [2.75, 3.05) is 44.3 Å². The Kier molecular flexibility index (Phi) is 7.64. The minimum Gasteiger partial charge on any atom is -0.378 e. The lowest BCUT2D eigenvalue weighted by atomic mass is 10.1. The van der Waals surface area contributed by atoms with Crippen molar-refractivity contribution in [1.82, 2.24) is 9.62 Å². The molecule has 0 aromatic heterocycles. The lowest BCUT2D eigenvalue weighted by Gasteiger charge is -2.30. The number of nitrogens with one attached hydrogen (secondary N) is 1. The molecular weight excluding hydrogens is 421 g/mol. The molecule has 1 aliphatic rings. The molecule has 0 bridgehead atoms. The smallest absolute Gasteiger partial charge is 0.253 e. The molecule has 0 saturated carbocycles. The monoisotopic (exact) mass is 449 g/mol. The fraction of sp³-hybridized carbons (Fsp3) is 0.409. The van der Waals surface area contributed by atoms with Crippen LogP contribution in [-0.4, -0.2) is 58.0 Å². The number of carbonyl (C=O) groups excluding carboxylic acids is 1. The Morgan fingerprint density at radius 3 is 2.35 bits per heavy atom. The van der Waals surface area contributed by atoms with E-state index in [4.69, 9.17) is 4.74 Å². The van der Waals surface area contributed by atoms with Crippen molar-refractivity contribution in [3.05, 3.63) is 59.4 Å². The van der Waals surface area contributed by atoms with Crippen LogP contribution < -0.4 is 10.2 Å². The van der Waals surface area contributed by atoms with Crippen molar-refractivity contribution in [2.24, 2.45) is 0 Å². The van der Waals surface area contributed by atoms with Crippen molar-refractivity contribution < 1.29 is 22.3 Å². The van der Waals surface area contributed by atoms with E-state index >= 15 is 0 Å². The van der Waals surface area contributed by atoms with Gasteiger partial charge >= 0.3 is 0 Å². The molecule has 2 aromatic carbocycles. The van der Waals surface area contributed by atoms with Crippen LogP contribution >= 0.6 is 0 Å². The predicted octanol–water partition coefficient (Wildman–Crippen LogP) is 2.62. The van der Waals surface area contributed by atoms with Gasteiger partial charge in [0.05, 0.1) is 23.7 Å². The fourth-order valence-electron chi connectivity index (χ4n) is 3.53. The molecule has 1 heterocycles. The van der Waals surface area contributed by atoms with Gasteiger partial charge in [0, 0.05) is 38.4 Å². The van der Waals surface area contributed by atoms with Crippen LogP contribution in [0.3, 0.4) is 0 Å². The Morgan fingerprint density at radius 2 is 1.74 bits per heavy atom. The van der Waals surface area contributed by atoms with E-state index in [2.05, 4.69) is 5.32 Å². The predicted molar refractivity (Wildman–Crippen MR) is 117 cm³/mol. The normalized spacial score (nSPS) is 14.6. The minimum absolute atomic E-state index is 0.0835. The highest BCUT2D eigenvalue weighted by Gasteiger charge is 2.26. The summed E-state index contributed by atoms with van der Waals surface area (Å²) in [5, 5.41) is 2.82. The van der Waals surface area contributed by atoms with Gasteiger partial charge in [0.25, 0.3) is 5.91 Å². The molecule has 168 valence electrons. The third-order valence-corrected chi connectivity index (χ3v) is 7.32. The largest absolute Gasteiger partial charge is 0.378 e. The first-order valence-electron chi connectivity index (χ1n) is 10.4. The number of anilines is 1. The maximum absolute atomic E-state index is 13.1. The fourth-order valence-corrected chi connectivity index (χ4v) is 5.01. The number of carbonyl (C=O) groups is 1. The Hall–Kier alpha value is -2.49. The quantitative estimate of drug-likeness (QED) is 0.670. The molecule has 7 nitrogen and oxygen atoms in total. The zero-order valence-corrected chi connectivity index (χ0v) is 18.6. The Balaban J connectivity index is 1.93. The first kappa shape index (κ1) is 23.2. The summed E-state index contributed by atoms with van der Waals surface area (Å²) >= 11 is 0. The van der Waals surface area contributed by atoms with E-state index in [1.807, 2.05) is 4.90 Å². The molecule has 1 amide bonds. The number of benzene rings is 2. The van der Waals surface area contributed by atoms with Crippen LogP contribution in [0.1, 0.15) is 29.8 Å². The van der Waals surface area contributed by atoms with E-state index in [-0.39, 0.29) is 28.7 Å². The third kappa shape index (κ3) is 5.41. The van der Waals surface area contributed by atoms with Crippen LogP contribution in [0.4, 0.5) is 10.1 Å². The van der Waals surface area contributed by atoms with E-state index in [0.29, 0.717) is 45.1 Å². The summed E-state index contributed by atoms with van der Waals surface area (Å²) in [5.41, 5.74) is 1.70. The average molecular weight is 450 g/mol. The van der Waals surface area contributed by atoms with Crippen LogP contribution in [0.25, 0.3) is 0 Å². The lowest BCUT2D eigenvalue weighted by molar-refractivity contribution is 0.0949. The van der Waals surface area contributed by atoms with E-state index in [0.717, 1.165) is 5.56 Å². The van der Waals surface area contributed by atoms with Crippen molar-refractivity contribution in [3.8, 4) is 0 Å². The van der Waals surface area contributed by atoms with Crippen LogP contribution in [-0.2, 0) is 21.3 Å². The standard InChI is InChI=1S/C22H28FN3O4S/c1-3-26(4-2)31(28,29)19-9-10-21(25-11-13-30-14-12-25)20(15-19)22(27)24-16-17-5-7-18(23)8-6-17/h5-10,15H,3-4,11-14,16H2,1-2H3,(H,24,27). The van der Waals surface area contributed by atoms with Gasteiger partial charge in [-0.15, -0.1) is 0 Å². The molecule has 1 N–H and O–H groups in total. The second-order valence-electron chi connectivity index (χ2n) is 7.18. The van der Waals surface area contributed by atoms with Crippen molar-refractivity contribution in [3.63, 3.8) is 0 Å². The van der Waals surface area contributed by atoms with Crippen molar-refractivity contribution >= 4 is 21.6 Å². The van der Waals surface area contributed by atoms with Crippen LogP contribution in [0, 0.1) is 5.82 Å². The summed E-state index contributed by atoms with van der Waals surface area (Å²) in [4.78, 5) is 15.2. The number of hydrogen-bond donors (Lipinski definition) is 1. The SMILES string of the molecule is CCN(CC)S(=O)(=O)c1ccc(N2CCOCC2)c(C(=O)NCc2ccc(F)cc2)c1. The van der Waals surface area contributed by atoms with Crippen molar-refractivity contribution in [2.45, 2.75) is 25.3 Å². The first-order chi connectivity index (χ1) is 14.9. The molecule has 0 unspecified atom stereocenters. The highest BCUT2D eigenvalue weighted by atomic mass is 32.2. The maximum Gasteiger partial charge on any atom is 0.253 e. The molecule has 31 heavy (non-hydrogen) atoms. The van der Waals surface area contributed by atoms with Crippen LogP contribution in [0.2, 0.25) is 0 Å². The van der Waals surface area contributed by atoms with Gasteiger partial charge < -0.3 is 15.0 Å². The number of hydrogen-bond acceptors (Lipinski definition) is 5. The molecule has 3 rings (SSSR count). The van der Waals surface area contributed by atoms with E-state index in [9.17, 15) is 17.6 Å². The molecule has 0 aliphatic carbocycles. The summed E-state index contributed by atoms with van der Waals surface area (Å²) in [7, 11) is -3.71. The zero-order chi connectivity index (χ0) is 22.4. The van der Waals surface area contributed by atoms with Gasteiger partial charge in [0.2, 0.25) is 10.0 Å². The van der Waals surface area contributed by atoms with Gasteiger partial charge in [-0.1, -0.05) is 26.0 Å². The highest BCUT2D eigenvalue weighted by Crippen LogP contribution is 2.27. The highest BCUT2D eigenvalue weighted by molar-refractivity contribution is 7.89. The topological polar surface area (TPSA) is 79.0 Å². The first-order valence-corrected chi connectivity index (χ1v) is 11.8. The Morgan fingerprint density at radius 1 is 1.10 bits per heavy atom. The molecule has 0 spiro atoms. The van der Waals surface area contributed by atoms with E-state index in [1.165, 1.54) is 22.5 Å². The number of nitrogens with zero attached hydrogens (tertiary/aromatic N) is 2. The Labute approximate surface area is 182 Å². The summed E-state index contributed by atoms with van der Waals surface area (Å²) in [6.07, 6.45) is 0. The van der Waals surface area contributed by atoms with Gasteiger partial charge in [0.15, 0.2) is 0 Å². The van der Waals surface area contributed by atoms with Gasteiger partial charge in [-0.3, -0.25) is 4.79 Å². The average Bonchev–Trinajstić information content (AvgIpc) is 2.79. The van der Waals surface area contributed by atoms with Gasteiger partial charge in [-0.05, 0) is 35.9 Å². The number of amides is 1. The van der Waals surface area contributed by atoms with E-state index < -0.39 is 10.0 Å². The molecule has 0 atom stereocenters. The summed E-state index contributed by atoms with van der Waals surface area (Å²) in [6, 6.07) is 10.5. The minimum atomic E-state index is -3.71. The van der Waals surface area contributed by atoms with Gasteiger partial charge in [-0.25, -0.2) is 12.8 Å². The Bertz CT molecular complexity index is 1000. The molecule has 0 radical (unpaired) electrons. The second kappa shape index (κ2) is 10.2. The number of halogens is 1. The van der Waals surface area contributed by atoms with Crippen LogP contribution in [0.15, 0.2) is 47.4 Å². The molecular formula is C22H28FN3O4S. The number of sulfonamides is 1. The van der Waals surface area contributed by atoms with Crippen molar-refractivity contribution in [1.29, 1.82) is 0 Å². The number of morpholine rings is 1. The van der Waals surface area contributed by atoms with Crippen LogP contribution in [0.5, 0.6) is 0 Å². The molecule has 1 saturated heterocycles. The van der Waals surface area contributed by atoms with E-state index in [1.54, 1.807) is 38.1 Å². The maximum atomic E-state index is 13.1. The summed E-state index contributed by atoms with van der Waals surface area (Å²) < 4.78 is 45.9. The lowest BCUT2D eigenvalue weighted by Crippen LogP contribution is -2.38. The number of rotatable bonds is 8. The van der Waals surface area contributed by atoms with Gasteiger partial charge in [-0.2, -0.15) is 4.31 Å². The summed E-state index contributed by atoms with van der Waals surface area (Å²) in [6.45, 7) is 6.74. The molecule has 1 aliphatic heterocycles. The van der Waals surface area contributed by atoms with Gasteiger partial charge in [0.1, 0.15) is 5.82 Å². The molecule has 9 heteroatoms. The molecule has 2 aromatic rings.